The molecule has 0 spiro atoms. The van der Waals surface area contributed by atoms with E-state index in [1.54, 1.807) is 6.92 Å². The molecule has 0 aliphatic carbocycles. The quantitative estimate of drug-likeness (QED) is 0.765. The predicted octanol–water partition coefficient (Wildman–Crippen LogP) is 2.51. The van der Waals surface area contributed by atoms with Crippen LogP contribution in [0.2, 0.25) is 0 Å². The second kappa shape index (κ2) is 3.83. The number of rotatable bonds is 1. The Balaban J connectivity index is 2.52. The van der Waals surface area contributed by atoms with Gasteiger partial charge >= 0.3 is 5.97 Å². The molecule has 1 atom stereocenters. The molecule has 0 radical (unpaired) electrons. The van der Waals surface area contributed by atoms with Gasteiger partial charge < -0.3 is 9.84 Å². The van der Waals surface area contributed by atoms with Gasteiger partial charge in [-0.05, 0) is 12.5 Å². The summed E-state index contributed by atoms with van der Waals surface area (Å²) in [7, 11) is 0. The number of hydrogen-bond acceptors (Lipinski definition) is 3. The molecule has 1 aromatic rings. The number of benzene rings is 1. The lowest BCUT2D eigenvalue weighted by Gasteiger charge is -2.32. The predicted molar refractivity (Wildman–Crippen MR) is 60.3 cm³/mol. The third-order valence-electron chi connectivity index (χ3n) is 2.81. The minimum absolute atomic E-state index is 0.0951. The standard InChI is InChI=1S/C12H11ClO3/c1-12(8-5-3-2-4-6-8)7-16-11(15)9(13)10(12)14/h2-6,14H,7H2,1H3. The summed E-state index contributed by atoms with van der Waals surface area (Å²) in [6, 6.07) is 9.32. The maximum absolute atomic E-state index is 11.2. The van der Waals surface area contributed by atoms with Crippen LogP contribution in [0.5, 0.6) is 0 Å². The Hall–Kier alpha value is -1.48. The fourth-order valence-corrected chi connectivity index (χ4v) is 1.97. The number of ether oxygens (including phenoxy) is 1. The van der Waals surface area contributed by atoms with Gasteiger partial charge in [0.05, 0.1) is 5.41 Å². The van der Waals surface area contributed by atoms with Crippen LogP contribution < -0.4 is 0 Å². The maximum atomic E-state index is 11.2. The van der Waals surface area contributed by atoms with Crippen molar-refractivity contribution in [3.63, 3.8) is 0 Å². The Morgan fingerprint density at radius 2 is 2.00 bits per heavy atom. The summed E-state index contributed by atoms with van der Waals surface area (Å²) < 4.78 is 4.94. The monoisotopic (exact) mass is 238 g/mol. The Bertz CT molecular complexity index is 453. The van der Waals surface area contributed by atoms with Crippen molar-refractivity contribution in [1.29, 1.82) is 0 Å². The van der Waals surface area contributed by atoms with Crippen LogP contribution in [0.4, 0.5) is 0 Å². The lowest BCUT2D eigenvalue weighted by atomic mass is 9.80. The van der Waals surface area contributed by atoms with Gasteiger partial charge in [-0.3, -0.25) is 0 Å². The molecular weight excluding hydrogens is 228 g/mol. The van der Waals surface area contributed by atoms with Gasteiger partial charge in [0.15, 0.2) is 5.03 Å². The molecule has 1 heterocycles. The normalized spacial score (nSPS) is 25.5. The first-order valence-electron chi connectivity index (χ1n) is 4.87. The topological polar surface area (TPSA) is 46.5 Å². The zero-order chi connectivity index (χ0) is 11.8. The first-order chi connectivity index (χ1) is 7.55. The van der Waals surface area contributed by atoms with Crippen LogP contribution in [0.15, 0.2) is 41.1 Å². The first kappa shape index (κ1) is 11.0. The van der Waals surface area contributed by atoms with Crippen LogP contribution in [-0.4, -0.2) is 17.7 Å². The highest BCUT2D eigenvalue weighted by Gasteiger charge is 2.40. The first-order valence-corrected chi connectivity index (χ1v) is 5.25. The zero-order valence-corrected chi connectivity index (χ0v) is 9.49. The van der Waals surface area contributed by atoms with Gasteiger partial charge in [0.25, 0.3) is 0 Å². The lowest BCUT2D eigenvalue weighted by Crippen LogP contribution is -2.37. The van der Waals surface area contributed by atoms with Gasteiger partial charge in [-0.15, -0.1) is 0 Å². The molecule has 1 N–H and O–H groups in total. The van der Waals surface area contributed by atoms with Gasteiger partial charge in [0.2, 0.25) is 0 Å². The van der Waals surface area contributed by atoms with Crippen LogP contribution in [-0.2, 0) is 14.9 Å². The van der Waals surface area contributed by atoms with Crippen molar-refractivity contribution >= 4 is 17.6 Å². The molecule has 3 nitrogen and oxygen atoms in total. The zero-order valence-electron chi connectivity index (χ0n) is 8.74. The van der Waals surface area contributed by atoms with Crippen molar-refractivity contribution in [3.05, 3.63) is 46.7 Å². The minimum atomic E-state index is -0.758. The summed E-state index contributed by atoms with van der Waals surface area (Å²) in [4.78, 5) is 11.2. The molecule has 0 saturated carbocycles. The number of carbonyl (C=O) groups excluding carboxylic acids is 1. The second-order valence-corrected chi connectivity index (χ2v) is 4.31. The molecule has 4 heteroatoms. The van der Waals surface area contributed by atoms with Crippen molar-refractivity contribution in [3.8, 4) is 0 Å². The van der Waals surface area contributed by atoms with Crippen LogP contribution in [0, 0.1) is 0 Å². The summed E-state index contributed by atoms with van der Waals surface area (Å²) in [5.41, 5.74) is 0.102. The molecule has 16 heavy (non-hydrogen) atoms. The highest BCUT2D eigenvalue weighted by Crippen LogP contribution is 2.37. The van der Waals surface area contributed by atoms with Gasteiger partial charge in [-0.2, -0.15) is 0 Å². The molecule has 0 fully saturated rings. The molecule has 0 bridgehead atoms. The van der Waals surface area contributed by atoms with E-state index in [0.717, 1.165) is 5.56 Å². The van der Waals surface area contributed by atoms with Crippen LogP contribution in [0.25, 0.3) is 0 Å². The van der Waals surface area contributed by atoms with Crippen molar-refractivity contribution in [2.75, 3.05) is 6.61 Å². The Morgan fingerprint density at radius 1 is 1.38 bits per heavy atom. The van der Waals surface area contributed by atoms with E-state index in [-0.39, 0.29) is 17.4 Å². The smallest absolute Gasteiger partial charge is 0.353 e. The third-order valence-corrected chi connectivity index (χ3v) is 3.15. The Kier molecular flexibility index (Phi) is 2.64. The average molecular weight is 239 g/mol. The molecule has 0 amide bonds. The average Bonchev–Trinajstić information content (AvgIpc) is 2.33. The van der Waals surface area contributed by atoms with E-state index in [2.05, 4.69) is 0 Å². The van der Waals surface area contributed by atoms with Gasteiger partial charge in [-0.1, -0.05) is 41.9 Å². The van der Waals surface area contributed by atoms with E-state index in [1.165, 1.54) is 0 Å². The molecule has 1 aromatic carbocycles. The minimum Gasteiger partial charge on any atom is -0.509 e. The molecule has 0 aromatic heterocycles. The number of hydrogen-bond donors (Lipinski definition) is 1. The fourth-order valence-electron chi connectivity index (χ4n) is 1.71. The Morgan fingerprint density at radius 3 is 2.62 bits per heavy atom. The van der Waals surface area contributed by atoms with Crippen molar-refractivity contribution in [1.82, 2.24) is 0 Å². The highest BCUT2D eigenvalue weighted by molar-refractivity contribution is 6.41. The van der Waals surface area contributed by atoms with Crippen LogP contribution in [0.3, 0.4) is 0 Å². The van der Waals surface area contributed by atoms with E-state index in [1.807, 2.05) is 30.3 Å². The fraction of sp³-hybridized carbons (Fsp3) is 0.250. The summed E-state index contributed by atoms with van der Waals surface area (Å²) in [5.74, 6) is -0.802. The van der Waals surface area contributed by atoms with E-state index < -0.39 is 11.4 Å². The van der Waals surface area contributed by atoms with Crippen LogP contribution in [0.1, 0.15) is 12.5 Å². The summed E-state index contributed by atoms with van der Waals surface area (Å²) in [5, 5.41) is 9.73. The molecular formula is C12H11ClO3. The molecule has 84 valence electrons. The highest BCUT2D eigenvalue weighted by atomic mass is 35.5. The Labute approximate surface area is 98.3 Å². The van der Waals surface area contributed by atoms with Gasteiger partial charge in [0, 0.05) is 0 Å². The van der Waals surface area contributed by atoms with Crippen molar-refractivity contribution in [2.45, 2.75) is 12.3 Å². The number of cyclic esters (lactones) is 1. The second-order valence-electron chi connectivity index (χ2n) is 3.94. The number of aliphatic hydroxyl groups is 1. The number of esters is 1. The van der Waals surface area contributed by atoms with E-state index in [4.69, 9.17) is 16.3 Å². The molecule has 1 aliphatic rings. The van der Waals surface area contributed by atoms with E-state index in [9.17, 15) is 9.90 Å². The molecule has 0 saturated heterocycles. The SMILES string of the molecule is CC1(c2ccccc2)COC(=O)C(Cl)=C1O. The van der Waals surface area contributed by atoms with Gasteiger partial charge in [-0.25, -0.2) is 4.79 Å². The number of carbonyl (C=O) groups is 1. The van der Waals surface area contributed by atoms with Crippen molar-refractivity contribution in [2.24, 2.45) is 0 Å². The van der Waals surface area contributed by atoms with Crippen LogP contribution >= 0.6 is 11.6 Å². The summed E-state index contributed by atoms with van der Waals surface area (Å²) in [6.45, 7) is 1.88. The third kappa shape index (κ3) is 1.57. The number of aliphatic hydroxyl groups excluding tert-OH is 1. The van der Waals surface area contributed by atoms with Gasteiger partial charge in [0.1, 0.15) is 12.4 Å². The van der Waals surface area contributed by atoms with Crippen molar-refractivity contribution < 1.29 is 14.6 Å². The number of halogens is 1. The van der Waals surface area contributed by atoms with E-state index in [0.29, 0.717) is 0 Å². The summed E-state index contributed by atoms with van der Waals surface area (Å²) >= 11 is 5.71. The largest absolute Gasteiger partial charge is 0.509 e. The molecule has 1 aliphatic heterocycles. The molecule has 1 unspecified atom stereocenters. The molecule has 2 rings (SSSR count). The lowest BCUT2D eigenvalue weighted by molar-refractivity contribution is -0.142. The van der Waals surface area contributed by atoms with E-state index >= 15 is 0 Å². The maximum Gasteiger partial charge on any atom is 0.353 e. The summed E-state index contributed by atoms with van der Waals surface area (Å²) in [6.07, 6.45) is 0.